The van der Waals surface area contributed by atoms with E-state index >= 15 is 0 Å². The minimum absolute atomic E-state index is 0.342. The Morgan fingerprint density at radius 2 is 1.22 bits per heavy atom. The molecule has 0 aliphatic carbocycles. The molecule has 0 spiro atoms. The molecule has 0 saturated carbocycles. The van der Waals surface area contributed by atoms with E-state index < -0.39 is 0 Å². The van der Waals surface area contributed by atoms with Crippen LogP contribution in [0.3, 0.4) is 0 Å². The summed E-state index contributed by atoms with van der Waals surface area (Å²) in [7, 11) is 0. The number of para-hydroxylation sites is 1. The van der Waals surface area contributed by atoms with Gasteiger partial charge in [-0.1, -0.05) is 115 Å². The van der Waals surface area contributed by atoms with Gasteiger partial charge in [-0.25, -0.2) is 9.98 Å². The topological polar surface area (TPSA) is 62.8 Å². The van der Waals surface area contributed by atoms with Crippen LogP contribution in [0.2, 0.25) is 0 Å². The fourth-order valence-electron chi connectivity index (χ4n) is 6.30. The Labute approximate surface area is 259 Å². The Morgan fingerprint density at radius 3 is 2.04 bits per heavy atom. The summed E-state index contributed by atoms with van der Waals surface area (Å²) in [6.45, 7) is 0. The molecule has 0 amide bonds. The molecule has 1 atom stereocenters. The number of nitrogens with one attached hydrogen (secondary N) is 1. The van der Waals surface area contributed by atoms with Gasteiger partial charge in [-0.3, -0.25) is 4.98 Å². The zero-order chi connectivity index (χ0) is 29.7. The van der Waals surface area contributed by atoms with Gasteiger partial charge in [-0.15, -0.1) is 0 Å². The van der Waals surface area contributed by atoms with Crippen LogP contribution in [0, 0.1) is 0 Å². The van der Waals surface area contributed by atoms with Gasteiger partial charge >= 0.3 is 0 Å². The van der Waals surface area contributed by atoms with Gasteiger partial charge in [-0.05, 0) is 56.4 Å². The first-order valence-electron chi connectivity index (χ1n) is 15.0. The van der Waals surface area contributed by atoms with Crippen molar-refractivity contribution in [1.29, 1.82) is 0 Å². The number of aliphatic imine (C=N–C) groups is 2. The molecule has 1 aliphatic heterocycles. The van der Waals surface area contributed by atoms with Gasteiger partial charge in [0.05, 0.1) is 6.20 Å². The van der Waals surface area contributed by atoms with E-state index in [1.165, 1.54) is 27.1 Å². The molecule has 0 bridgehead atoms. The molecular formula is C40H26N4O. The lowest BCUT2D eigenvalue weighted by molar-refractivity contribution is 0.665. The number of furan rings is 1. The molecule has 1 N–H and O–H groups in total. The van der Waals surface area contributed by atoms with Crippen molar-refractivity contribution in [2.45, 2.75) is 6.17 Å². The minimum Gasteiger partial charge on any atom is -0.454 e. The number of amidine groups is 2. The molecule has 9 rings (SSSR count). The van der Waals surface area contributed by atoms with Gasteiger partial charge in [0.15, 0.2) is 11.4 Å². The van der Waals surface area contributed by atoms with E-state index in [9.17, 15) is 0 Å². The maximum absolute atomic E-state index is 6.16. The third-order valence-corrected chi connectivity index (χ3v) is 8.60. The number of hydrogen-bond donors (Lipinski definition) is 1. The summed E-state index contributed by atoms with van der Waals surface area (Å²) < 4.78 is 6.16. The molecule has 6 aromatic carbocycles. The molecular weight excluding hydrogens is 552 g/mol. The lowest BCUT2D eigenvalue weighted by atomic mass is 10.00. The SMILES string of the molecule is c1ccc2cc(-c3ccc(C4=NC(c5ccc6ccccc6c5)NC(c5cncc6oc7ccccc7c56)=N4)cc3)ccc2c1. The monoisotopic (exact) mass is 578 g/mol. The molecule has 5 nitrogen and oxygen atoms in total. The first-order valence-corrected chi connectivity index (χ1v) is 15.0. The molecule has 5 heteroatoms. The van der Waals surface area contributed by atoms with E-state index in [0.717, 1.165) is 44.2 Å². The average molecular weight is 579 g/mol. The van der Waals surface area contributed by atoms with Crippen molar-refractivity contribution in [2.75, 3.05) is 0 Å². The smallest absolute Gasteiger partial charge is 0.159 e. The highest BCUT2D eigenvalue weighted by Gasteiger charge is 2.24. The van der Waals surface area contributed by atoms with Crippen LogP contribution in [0.5, 0.6) is 0 Å². The van der Waals surface area contributed by atoms with Gasteiger partial charge in [0, 0.05) is 28.1 Å². The zero-order valence-electron chi connectivity index (χ0n) is 24.2. The van der Waals surface area contributed by atoms with Crippen molar-refractivity contribution in [1.82, 2.24) is 10.3 Å². The van der Waals surface area contributed by atoms with E-state index in [-0.39, 0.29) is 6.17 Å². The van der Waals surface area contributed by atoms with Gasteiger partial charge in [-0.2, -0.15) is 0 Å². The maximum Gasteiger partial charge on any atom is 0.159 e. The van der Waals surface area contributed by atoms with Crippen molar-refractivity contribution in [3.8, 4) is 11.1 Å². The Bertz CT molecular complexity index is 2470. The lowest BCUT2D eigenvalue weighted by Crippen LogP contribution is -2.33. The molecule has 1 unspecified atom stereocenters. The van der Waals surface area contributed by atoms with Crippen LogP contribution in [0.15, 0.2) is 160 Å². The van der Waals surface area contributed by atoms with Crippen LogP contribution in [-0.2, 0) is 0 Å². The van der Waals surface area contributed by atoms with Gasteiger partial charge in [0.1, 0.15) is 17.6 Å². The summed E-state index contributed by atoms with van der Waals surface area (Å²) in [5.41, 5.74) is 6.75. The number of aromatic nitrogens is 1. The molecule has 1 aliphatic rings. The van der Waals surface area contributed by atoms with E-state index in [1.807, 2.05) is 24.4 Å². The van der Waals surface area contributed by atoms with Crippen molar-refractivity contribution < 1.29 is 4.42 Å². The number of hydrogen-bond acceptors (Lipinski definition) is 5. The molecule has 3 heterocycles. The number of fused-ring (bicyclic) bond motifs is 5. The second-order valence-corrected chi connectivity index (χ2v) is 11.4. The van der Waals surface area contributed by atoms with Crippen LogP contribution in [0.1, 0.15) is 22.9 Å². The average Bonchev–Trinajstić information content (AvgIpc) is 3.50. The number of benzene rings is 6. The van der Waals surface area contributed by atoms with Gasteiger partial charge in [0.2, 0.25) is 0 Å². The summed E-state index contributed by atoms with van der Waals surface area (Å²) in [6.07, 6.45) is 3.29. The number of pyridine rings is 1. The van der Waals surface area contributed by atoms with Crippen LogP contribution in [-0.4, -0.2) is 16.7 Å². The van der Waals surface area contributed by atoms with E-state index in [0.29, 0.717) is 11.7 Å². The summed E-state index contributed by atoms with van der Waals surface area (Å²) in [5, 5.41) is 10.5. The number of nitrogens with zero attached hydrogens (tertiary/aromatic N) is 3. The summed E-state index contributed by atoms with van der Waals surface area (Å²) in [5.74, 6) is 1.37. The predicted octanol–water partition coefficient (Wildman–Crippen LogP) is 9.45. The zero-order valence-corrected chi connectivity index (χ0v) is 24.2. The standard InChI is InChI=1S/C40H26N4O/c1-3-9-29-21-31(19-15-25(29)7-1)27-13-17-28(18-14-27)38-42-39(32-20-16-26-8-2-4-10-30(26)22-32)44-40(43-38)34-23-41-24-36-37(34)33-11-5-6-12-35(33)45-36/h1-24,39H,(H,42,43,44). The van der Waals surface area contributed by atoms with Gasteiger partial charge < -0.3 is 9.73 Å². The Kier molecular flexibility index (Phi) is 5.81. The first-order chi connectivity index (χ1) is 22.3. The summed E-state index contributed by atoms with van der Waals surface area (Å²) in [6, 6.07) is 46.5. The van der Waals surface area contributed by atoms with Gasteiger partial charge in [0.25, 0.3) is 0 Å². The quantitative estimate of drug-likeness (QED) is 0.226. The second-order valence-electron chi connectivity index (χ2n) is 11.4. The van der Waals surface area contributed by atoms with Crippen molar-refractivity contribution in [2.24, 2.45) is 9.98 Å². The third-order valence-electron chi connectivity index (χ3n) is 8.60. The van der Waals surface area contributed by atoms with Crippen LogP contribution < -0.4 is 5.32 Å². The Morgan fingerprint density at radius 1 is 0.556 bits per heavy atom. The fraction of sp³-hybridized carbons (Fsp3) is 0.0250. The van der Waals surface area contributed by atoms with E-state index in [4.69, 9.17) is 14.4 Å². The Balaban J connectivity index is 1.17. The highest BCUT2D eigenvalue weighted by atomic mass is 16.3. The molecule has 45 heavy (non-hydrogen) atoms. The molecule has 2 aromatic heterocycles. The molecule has 0 radical (unpaired) electrons. The third kappa shape index (κ3) is 4.45. The largest absolute Gasteiger partial charge is 0.454 e. The summed E-state index contributed by atoms with van der Waals surface area (Å²) in [4.78, 5) is 14.8. The molecule has 8 aromatic rings. The van der Waals surface area contributed by atoms with E-state index in [2.05, 4.69) is 126 Å². The predicted molar refractivity (Wildman–Crippen MR) is 184 cm³/mol. The van der Waals surface area contributed by atoms with Crippen molar-refractivity contribution in [3.63, 3.8) is 0 Å². The molecule has 0 saturated heterocycles. The maximum atomic E-state index is 6.16. The van der Waals surface area contributed by atoms with Crippen molar-refractivity contribution >= 4 is 55.2 Å². The highest BCUT2D eigenvalue weighted by molar-refractivity contribution is 6.21. The lowest BCUT2D eigenvalue weighted by Gasteiger charge is -2.24. The molecule has 0 fully saturated rings. The van der Waals surface area contributed by atoms with Crippen molar-refractivity contribution in [3.05, 3.63) is 163 Å². The summed E-state index contributed by atoms with van der Waals surface area (Å²) >= 11 is 0. The van der Waals surface area contributed by atoms with Crippen LogP contribution in [0.4, 0.5) is 0 Å². The normalized spacial score (nSPS) is 14.9. The minimum atomic E-state index is -0.342. The van der Waals surface area contributed by atoms with Crippen LogP contribution in [0.25, 0.3) is 54.6 Å². The first kappa shape index (κ1) is 25.4. The Hall–Kier alpha value is -6.07. The highest BCUT2D eigenvalue weighted by Crippen LogP contribution is 2.33. The second kappa shape index (κ2) is 10.3. The van der Waals surface area contributed by atoms with E-state index in [1.54, 1.807) is 6.20 Å². The van der Waals surface area contributed by atoms with Crippen LogP contribution >= 0.6 is 0 Å². The molecule has 212 valence electrons. The fourth-order valence-corrected chi connectivity index (χ4v) is 6.30. The number of rotatable bonds is 4.